The van der Waals surface area contributed by atoms with E-state index in [1.165, 1.54) is 16.7 Å². The number of aryl methyl sites for hydroxylation is 1. The number of fused-ring (bicyclic) bond motifs is 1. The molecular formula is C14H15N3O2S2. The predicted molar refractivity (Wildman–Crippen MR) is 85.4 cm³/mol. The van der Waals surface area contributed by atoms with Gasteiger partial charge < -0.3 is 10.3 Å². The van der Waals surface area contributed by atoms with Crippen LogP contribution in [0.5, 0.6) is 0 Å². The van der Waals surface area contributed by atoms with Gasteiger partial charge in [-0.1, -0.05) is 6.07 Å². The van der Waals surface area contributed by atoms with Crippen molar-refractivity contribution in [2.45, 2.75) is 18.4 Å². The van der Waals surface area contributed by atoms with Gasteiger partial charge in [-0.25, -0.2) is 13.4 Å². The Hall–Kier alpha value is -1.86. The second-order valence-electron chi connectivity index (χ2n) is 4.98. The number of para-hydroxylation sites is 1. The monoisotopic (exact) mass is 321 g/mol. The van der Waals surface area contributed by atoms with Crippen LogP contribution in [0.3, 0.4) is 0 Å². The second kappa shape index (κ2) is 4.85. The van der Waals surface area contributed by atoms with Crippen LogP contribution in [0, 0.1) is 6.92 Å². The molecule has 0 aliphatic rings. The van der Waals surface area contributed by atoms with Gasteiger partial charge in [0.2, 0.25) is 5.95 Å². The standard InChI is InChI=1S/C14H15N3O2S2/c1-9-6-7-20-11(9)8-17-10-4-3-5-12(21(2,18)19)13(10)16-14(17)15/h3-7H,8H2,1-2H3,(H2,15,16). The summed E-state index contributed by atoms with van der Waals surface area (Å²) in [5.74, 6) is 0.328. The lowest BCUT2D eigenvalue weighted by Crippen LogP contribution is -2.04. The summed E-state index contributed by atoms with van der Waals surface area (Å²) in [6, 6.07) is 7.18. The van der Waals surface area contributed by atoms with Gasteiger partial charge in [0.15, 0.2) is 9.84 Å². The second-order valence-corrected chi connectivity index (χ2v) is 7.96. The van der Waals surface area contributed by atoms with Crippen molar-refractivity contribution in [2.24, 2.45) is 0 Å². The molecule has 21 heavy (non-hydrogen) atoms. The highest BCUT2D eigenvalue weighted by molar-refractivity contribution is 7.91. The fraction of sp³-hybridized carbons (Fsp3) is 0.214. The number of aromatic nitrogens is 2. The number of benzene rings is 1. The lowest BCUT2D eigenvalue weighted by Gasteiger charge is -2.06. The zero-order chi connectivity index (χ0) is 15.2. The fourth-order valence-electron chi connectivity index (χ4n) is 2.31. The van der Waals surface area contributed by atoms with Crippen molar-refractivity contribution in [3.05, 3.63) is 40.1 Å². The van der Waals surface area contributed by atoms with Crippen LogP contribution in [0.25, 0.3) is 11.0 Å². The Labute approximate surface area is 127 Å². The fourth-order valence-corrected chi connectivity index (χ4v) is 4.04. The van der Waals surface area contributed by atoms with Gasteiger partial charge in [0.05, 0.1) is 17.0 Å². The van der Waals surface area contributed by atoms with Crippen LogP contribution in [0.2, 0.25) is 0 Å². The molecular weight excluding hydrogens is 306 g/mol. The maximum atomic E-state index is 11.9. The molecule has 5 nitrogen and oxygen atoms in total. The molecule has 0 radical (unpaired) electrons. The van der Waals surface area contributed by atoms with Crippen molar-refractivity contribution in [3.8, 4) is 0 Å². The number of hydrogen-bond acceptors (Lipinski definition) is 5. The largest absolute Gasteiger partial charge is 0.369 e. The van der Waals surface area contributed by atoms with E-state index in [1.54, 1.807) is 23.5 Å². The molecule has 0 spiro atoms. The number of nitrogen functional groups attached to an aromatic ring is 1. The van der Waals surface area contributed by atoms with Crippen molar-refractivity contribution in [2.75, 3.05) is 12.0 Å². The number of nitrogens with zero attached hydrogens (tertiary/aromatic N) is 2. The topological polar surface area (TPSA) is 78.0 Å². The molecule has 110 valence electrons. The highest BCUT2D eigenvalue weighted by Crippen LogP contribution is 2.27. The third-order valence-corrected chi connectivity index (χ3v) is 5.58. The number of rotatable bonds is 3. The number of thiophene rings is 1. The summed E-state index contributed by atoms with van der Waals surface area (Å²) in [6.45, 7) is 2.64. The van der Waals surface area contributed by atoms with Gasteiger partial charge in [-0.2, -0.15) is 0 Å². The summed E-state index contributed by atoms with van der Waals surface area (Å²) < 4.78 is 25.6. The van der Waals surface area contributed by atoms with Crippen LogP contribution >= 0.6 is 11.3 Å². The van der Waals surface area contributed by atoms with E-state index in [-0.39, 0.29) is 4.90 Å². The first-order chi connectivity index (χ1) is 9.88. The van der Waals surface area contributed by atoms with Crippen molar-refractivity contribution in [1.29, 1.82) is 0 Å². The molecule has 2 N–H and O–H groups in total. The Bertz CT molecular complexity index is 923. The normalized spacial score (nSPS) is 12.1. The number of sulfone groups is 1. The number of nitrogens with two attached hydrogens (primary N) is 1. The van der Waals surface area contributed by atoms with Crippen LogP contribution in [-0.2, 0) is 16.4 Å². The van der Waals surface area contributed by atoms with Gasteiger partial charge >= 0.3 is 0 Å². The number of hydrogen-bond donors (Lipinski definition) is 1. The number of imidazole rings is 1. The van der Waals surface area contributed by atoms with Crippen LogP contribution in [0.15, 0.2) is 34.5 Å². The van der Waals surface area contributed by atoms with Crippen molar-refractivity contribution >= 4 is 38.2 Å². The van der Waals surface area contributed by atoms with Crippen LogP contribution in [-0.4, -0.2) is 24.2 Å². The summed E-state index contributed by atoms with van der Waals surface area (Å²) >= 11 is 1.65. The lowest BCUT2D eigenvalue weighted by atomic mass is 10.3. The summed E-state index contributed by atoms with van der Waals surface area (Å²) in [4.78, 5) is 5.66. The summed E-state index contributed by atoms with van der Waals surface area (Å²) in [7, 11) is -3.33. The molecule has 0 amide bonds. The molecule has 7 heteroatoms. The van der Waals surface area contributed by atoms with Crippen LogP contribution < -0.4 is 5.73 Å². The Morgan fingerprint density at radius 3 is 2.71 bits per heavy atom. The molecule has 0 saturated heterocycles. The first-order valence-corrected chi connectivity index (χ1v) is 9.13. The van der Waals surface area contributed by atoms with Crippen molar-refractivity contribution < 1.29 is 8.42 Å². The Balaban J connectivity index is 2.21. The zero-order valence-corrected chi connectivity index (χ0v) is 13.3. The lowest BCUT2D eigenvalue weighted by molar-refractivity contribution is 0.602. The predicted octanol–water partition coefficient (Wildman–Crippen LogP) is 2.44. The van der Waals surface area contributed by atoms with Gasteiger partial charge in [-0.15, -0.1) is 11.3 Å². The molecule has 3 aromatic rings. The van der Waals surface area contributed by atoms with Crippen LogP contribution in [0.4, 0.5) is 5.95 Å². The SMILES string of the molecule is Cc1ccsc1Cn1c(N)nc2c(S(C)(=O)=O)cccc21. The highest BCUT2D eigenvalue weighted by atomic mass is 32.2. The molecule has 0 aliphatic heterocycles. The van der Waals surface area contributed by atoms with E-state index in [0.717, 1.165) is 5.52 Å². The molecule has 0 fully saturated rings. The van der Waals surface area contributed by atoms with E-state index in [4.69, 9.17) is 5.73 Å². The maximum Gasteiger partial charge on any atom is 0.201 e. The Morgan fingerprint density at radius 2 is 2.10 bits per heavy atom. The molecule has 0 bridgehead atoms. The quantitative estimate of drug-likeness (QED) is 0.803. The molecule has 1 aromatic carbocycles. The van der Waals surface area contributed by atoms with E-state index in [2.05, 4.69) is 11.1 Å². The average molecular weight is 321 g/mol. The van der Waals surface area contributed by atoms with Crippen LogP contribution in [0.1, 0.15) is 10.4 Å². The van der Waals surface area contributed by atoms with E-state index in [0.29, 0.717) is 18.0 Å². The first-order valence-electron chi connectivity index (χ1n) is 6.35. The highest BCUT2D eigenvalue weighted by Gasteiger charge is 2.18. The number of anilines is 1. The molecule has 2 heterocycles. The molecule has 3 rings (SSSR count). The van der Waals surface area contributed by atoms with Gasteiger partial charge in [-0.3, -0.25) is 0 Å². The van der Waals surface area contributed by atoms with E-state index in [1.807, 2.05) is 22.9 Å². The third kappa shape index (κ3) is 2.43. The minimum atomic E-state index is -3.33. The van der Waals surface area contributed by atoms with Gasteiger partial charge in [0, 0.05) is 11.1 Å². The van der Waals surface area contributed by atoms with Crippen molar-refractivity contribution in [1.82, 2.24) is 9.55 Å². The van der Waals surface area contributed by atoms with E-state index < -0.39 is 9.84 Å². The molecule has 0 atom stereocenters. The molecule has 0 unspecified atom stereocenters. The molecule has 0 saturated carbocycles. The van der Waals surface area contributed by atoms with Gasteiger partial charge in [0.1, 0.15) is 5.52 Å². The zero-order valence-electron chi connectivity index (χ0n) is 11.7. The average Bonchev–Trinajstić information content (AvgIpc) is 2.93. The maximum absolute atomic E-state index is 11.9. The van der Waals surface area contributed by atoms with Gasteiger partial charge in [-0.05, 0) is 36.1 Å². The van der Waals surface area contributed by atoms with Crippen molar-refractivity contribution in [3.63, 3.8) is 0 Å². The van der Waals surface area contributed by atoms with E-state index in [9.17, 15) is 8.42 Å². The summed E-state index contributed by atoms with van der Waals surface area (Å²) in [5, 5.41) is 2.03. The smallest absolute Gasteiger partial charge is 0.201 e. The molecule has 2 aromatic heterocycles. The Morgan fingerprint density at radius 1 is 1.33 bits per heavy atom. The first kappa shape index (κ1) is 14.1. The third-order valence-electron chi connectivity index (χ3n) is 3.44. The minimum absolute atomic E-state index is 0.216. The van der Waals surface area contributed by atoms with E-state index >= 15 is 0 Å². The Kier molecular flexibility index (Phi) is 3.26. The minimum Gasteiger partial charge on any atom is -0.369 e. The summed E-state index contributed by atoms with van der Waals surface area (Å²) in [5.41, 5.74) is 8.36. The van der Waals surface area contributed by atoms with Gasteiger partial charge in [0.25, 0.3) is 0 Å². The summed E-state index contributed by atoms with van der Waals surface area (Å²) in [6.07, 6.45) is 1.18. The molecule has 0 aliphatic carbocycles.